The fraction of sp³-hybridized carbons (Fsp3) is 0.263. The van der Waals surface area contributed by atoms with Gasteiger partial charge in [-0.1, -0.05) is 0 Å². The molecular formula is C19H21N3O7. The molecule has 2 aromatic carbocycles. The Bertz CT molecular complexity index is 823. The van der Waals surface area contributed by atoms with E-state index in [1.54, 1.807) is 24.3 Å². The van der Waals surface area contributed by atoms with Crippen LogP contribution in [0.25, 0.3) is 0 Å². The fourth-order valence-electron chi connectivity index (χ4n) is 2.11. The Morgan fingerprint density at radius 3 is 2.17 bits per heavy atom. The number of nitro benzene ring substituents is 1. The van der Waals surface area contributed by atoms with Gasteiger partial charge in [-0.15, -0.1) is 0 Å². The van der Waals surface area contributed by atoms with Gasteiger partial charge in [-0.2, -0.15) is 0 Å². The molecule has 0 atom stereocenters. The summed E-state index contributed by atoms with van der Waals surface area (Å²) in [5.41, 5.74) is 4.74. The number of hydrogen-bond acceptors (Lipinski definition) is 7. The summed E-state index contributed by atoms with van der Waals surface area (Å²) < 4.78 is 15.8. The van der Waals surface area contributed by atoms with Gasteiger partial charge in [0.2, 0.25) is 0 Å². The van der Waals surface area contributed by atoms with Crippen LogP contribution in [0.4, 0.5) is 5.69 Å². The first-order chi connectivity index (χ1) is 14.0. The molecule has 2 rings (SSSR count). The van der Waals surface area contributed by atoms with Crippen LogP contribution in [-0.4, -0.2) is 43.2 Å². The highest BCUT2D eigenvalue weighted by Crippen LogP contribution is 2.17. The van der Waals surface area contributed by atoms with E-state index < -0.39 is 16.7 Å². The van der Waals surface area contributed by atoms with E-state index in [4.69, 9.17) is 14.2 Å². The topological polar surface area (TPSA) is 129 Å². The summed E-state index contributed by atoms with van der Waals surface area (Å²) in [7, 11) is 0. The summed E-state index contributed by atoms with van der Waals surface area (Å²) >= 11 is 0. The highest BCUT2D eigenvalue weighted by Gasteiger charge is 2.09. The van der Waals surface area contributed by atoms with Crippen molar-refractivity contribution < 1.29 is 28.7 Å². The Morgan fingerprint density at radius 1 is 0.931 bits per heavy atom. The molecule has 0 heterocycles. The van der Waals surface area contributed by atoms with E-state index in [-0.39, 0.29) is 18.0 Å². The second kappa shape index (κ2) is 11.2. The molecule has 2 aromatic rings. The van der Waals surface area contributed by atoms with Crippen LogP contribution in [0.5, 0.6) is 11.5 Å². The normalized spacial score (nSPS) is 10.1. The number of hydrazine groups is 1. The van der Waals surface area contributed by atoms with Gasteiger partial charge in [0.25, 0.3) is 17.5 Å². The lowest BCUT2D eigenvalue weighted by atomic mass is 10.2. The monoisotopic (exact) mass is 403 g/mol. The molecule has 0 radical (unpaired) electrons. The number of nitrogens with zero attached hydrogens (tertiary/aromatic N) is 1. The van der Waals surface area contributed by atoms with E-state index in [9.17, 15) is 19.7 Å². The predicted octanol–water partition coefficient (Wildman–Crippen LogP) is 1.85. The molecule has 2 N–H and O–H groups in total. The Labute approximate surface area is 166 Å². The fourth-order valence-corrected chi connectivity index (χ4v) is 2.11. The summed E-state index contributed by atoms with van der Waals surface area (Å²) in [4.78, 5) is 33.9. The lowest BCUT2D eigenvalue weighted by molar-refractivity contribution is -0.384. The van der Waals surface area contributed by atoms with E-state index in [1.165, 1.54) is 24.3 Å². The third-order valence-electron chi connectivity index (χ3n) is 3.55. The van der Waals surface area contributed by atoms with Crippen LogP contribution < -0.4 is 20.3 Å². The van der Waals surface area contributed by atoms with Crippen molar-refractivity contribution in [3.63, 3.8) is 0 Å². The van der Waals surface area contributed by atoms with Crippen LogP contribution in [0.15, 0.2) is 48.5 Å². The van der Waals surface area contributed by atoms with Crippen LogP contribution >= 0.6 is 0 Å². The van der Waals surface area contributed by atoms with E-state index >= 15 is 0 Å². The van der Waals surface area contributed by atoms with Crippen LogP contribution in [-0.2, 0) is 9.53 Å². The molecular weight excluding hydrogens is 382 g/mol. The average molecular weight is 403 g/mol. The minimum absolute atomic E-state index is 0.0835. The maximum absolute atomic E-state index is 12.0. The van der Waals surface area contributed by atoms with Gasteiger partial charge in [0, 0.05) is 24.3 Å². The number of benzene rings is 2. The molecule has 0 spiro atoms. The molecule has 0 bridgehead atoms. The van der Waals surface area contributed by atoms with Crippen LogP contribution in [0.1, 0.15) is 17.3 Å². The number of carbonyl (C=O) groups is 2. The summed E-state index contributed by atoms with van der Waals surface area (Å²) in [5, 5.41) is 10.6. The van der Waals surface area contributed by atoms with Crippen molar-refractivity contribution in [3.05, 3.63) is 64.2 Å². The molecule has 154 valence electrons. The molecule has 0 fully saturated rings. The Balaban J connectivity index is 1.72. The van der Waals surface area contributed by atoms with Crippen molar-refractivity contribution in [2.45, 2.75) is 6.92 Å². The quantitative estimate of drug-likeness (QED) is 0.352. The van der Waals surface area contributed by atoms with Gasteiger partial charge >= 0.3 is 0 Å². The second-order valence-electron chi connectivity index (χ2n) is 5.61. The van der Waals surface area contributed by atoms with E-state index in [2.05, 4.69) is 10.9 Å². The van der Waals surface area contributed by atoms with Crippen LogP contribution in [0, 0.1) is 10.1 Å². The maximum Gasteiger partial charge on any atom is 0.276 e. The number of amides is 2. The second-order valence-corrected chi connectivity index (χ2v) is 5.61. The van der Waals surface area contributed by atoms with Crippen molar-refractivity contribution in [2.24, 2.45) is 0 Å². The van der Waals surface area contributed by atoms with Gasteiger partial charge in [0.1, 0.15) is 18.1 Å². The zero-order valence-corrected chi connectivity index (χ0v) is 15.8. The molecule has 0 aliphatic heterocycles. The lowest BCUT2D eigenvalue weighted by Crippen LogP contribution is -2.43. The van der Waals surface area contributed by atoms with E-state index in [1.807, 2.05) is 6.92 Å². The maximum atomic E-state index is 12.0. The number of carbonyl (C=O) groups excluding carboxylic acids is 2. The zero-order chi connectivity index (χ0) is 21.1. The first kappa shape index (κ1) is 21.6. The van der Waals surface area contributed by atoms with Gasteiger partial charge in [-0.3, -0.25) is 30.6 Å². The highest BCUT2D eigenvalue weighted by molar-refractivity contribution is 5.95. The molecule has 0 saturated carbocycles. The van der Waals surface area contributed by atoms with Gasteiger partial charge < -0.3 is 14.2 Å². The summed E-state index contributed by atoms with van der Waals surface area (Å²) in [6.45, 7) is 3.03. The number of nitro groups is 1. The van der Waals surface area contributed by atoms with Crippen LogP contribution in [0.3, 0.4) is 0 Å². The average Bonchev–Trinajstić information content (AvgIpc) is 2.74. The number of ether oxygens (including phenoxy) is 3. The minimum Gasteiger partial charge on any atom is -0.491 e. The van der Waals surface area contributed by atoms with Crippen LogP contribution in [0.2, 0.25) is 0 Å². The number of rotatable bonds is 10. The molecule has 10 nitrogen and oxygen atoms in total. The summed E-state index contributed by atoms with van der Waals surface area (Å²) in [5.74, 6) is -0.207. The van der Waals surface area contributed by atoms with E-state index in [0.29, 0.717) is 31.1 Å². The third-order valence-corrected chi connectivity index (χ3v) is 3.55. The van der Waals surface area contributed by atoms with Crippen molar-refractivity contribution in [1.29, 1.82) is 0 Å². The first-order valence-corrected chi connectivity index (χ1v) is 8.76. The van der Waals surface area contributed by atoms with Gasteiger partial charge in [0.05, 0.1) is 11.5 Å². The molecule has 0 aromatic heterocycles. The molecule has 0 unspecified atom stereocenters. The first-order valence-electron chi connectivity index (χ1n) is 8.76. The predicted molar refractivity (Wildman–Crippen MR) is 103 cm³/mol. The molecule has 10 heteroatoms. The largest absolute Gasteiger partial charge is 0.491 e. The highest BCUT2D eigenvalue weighted by atomic mass is 16.6. The van der Waals surface area contributed by atoms with Crippen molar-refractivity contribution in [2.75, 3.05) is 26.4 Å². The minimum atomic E-state index is -0.590. The third kappa shape index (κ3) is 7.46. The Kier molecular flexibility index (Phi) is 8.39. The summed E-state index contributed by atoms with van der Waals surface area (Å²) in [6.07, 6.45) is 0. The SMILES string of the molecule is CCOCCOc1ccc(C(=O)NNC(=O)COc2ccc([N+](=O)[O-])cc2)cc1. The number of hydrogen-bond donors (Lipinski definition) is 2. The smallest absolute Gasteiger partial charge is 0.276 e. The molecule has 0 saturated heterocycles. The zero-order valence-electron chi connectivity index (χ0n) is 15.8. The lowest BCUT2D eigenvalue weighted by Gasteiger charge is -2.10. The molecule has 0 aliphatic rings. The standard InChI is InChI=1S/C19H21N3O7/c1-2-27-11-12-28-16-7-3-14(4-8-16)19(24)21-20-18(23)13-29-17-9-5-15(6-10-17)22(25)26/h3-10H,2,11-13H2,1H3,(H,20,23)(H,21,24). The van der Waals surface area contributed by atoms with Gasteiger partial charge in [-0.25, -0.2) is 0 Å². The molecule has 29 heavy (non-hydrogen) atoms. The van der Waals surface area contributed by atoms with Gasteiger partial charge in [-0.05, 0) is 43.3 Å². The van der Waals surface area contributed by atoms with Crippen molar-refractivity contribution >= 4 is 17.5 Å². The Hall–Kier alpha value is -3.66. The van der Waals surface area contributed by atoms with E-state index in [0.717, 1.165) is 0 Å². The number of non-ortho nitro benzene ring substituents is 1. The Morgan fingerprint density at radius 2 is 1.55 bits per heavy atom. The molecule has 2 amide bonds. The van der Waals surface area contributed by atoms with Crippen molar-refractivity contribution in [3.8, 4) is 11.5 Å². The summed E-state index contributed by atoms with van der Waals surface area (Å²) in [6, 6.07) is 11.7. The van der Waals surface area contributed by atoms with Gasteiger partial charge in [0.15, 0.2) is 6.61 Å². The number of nitrogens with one attached hydrogen (secondary N) is 2. The molecule has 0 aliphatic carbocycles. The van der Waals surface area contributed by atoms with Crippen molar-refractivity contribution in [1.82, 2.24) is 10.9 Å².